The number of Topliss-reactive ketones (excluding diaryl/α,β-unsaturated/α-hetero) is 1. The van der Waals surface area contributed by atoms with E-state index < -0.39 is 0 Å². The second kappa shape index (κ2) is 9.67. The molecule has 27 heavy (non-hydrogen) atoms. The van der Waals surface area contributed by atoms with Gasteiger partial charge in [0, 0.05) is 51.4 Å². The van der Waals surface area contributed by atoms with Crippen LogP contribution >= 0.6 is 0 Å². The highest BCUT2D eigenvalue weighted by molar-refractivity contribution is 5.85. The molecule has 2 fully saturated rings. The third-order valence-corrected chi connectivity index (χ3v) is 5.72. The summed E-state index contributed by atoms with van der Waals surface area (Å²) in [7, 11) is 0. The van der Waals surface area contributed by atoms with Crippen molar-refractivity contribution in [2.24, 2.45) is 5.92 Å². The molecule has 1 aromatic rings. The van der Waals surface area contributed by atoms with Crippen LogP contribution in [0.2, 0.25) is 0 Å². The Labute approximate surface area is 161 Å². The van der Waals surface area contributed by atoms with Crippen molar-refractivity contribution in [3.8, 4) is 0 Å². The number of rotatable bonds is 6. The summed E-state index contributed by atoms with van der Waals surface area (Å²) in [5, 5.41) is 0. The fraction of sp³-hybridized carbons (Fsp3) is 0.591. The van der Waals surface area contributed by atoms with Crippen LogP contribution in [0.25, 0.3) is 0 Å². The van der Waals surface area contributed by atoms with Gasteiger partial charge in [0.1, 0.15) is 5.78 Å². The van der Waals surface area contributed by atoms with Gasteiger partial charge in [0.25, 0.3) is 0 Å². The van der Waals surface area contributed by atoms with Crippen LogP contribution in [0.5, 0.6) is 0 Å². The first-order valence-electron chi connectivity index (χ1n) is 10.3. The first kappa shape index (κ1) is 19.6. The third-order valence-electron chi connectivity index (χ3n) is 5.72. The number of piperidine rings is 1. The number of carbonyl (C=O) groups is 3. The zero-order valence-corrected chi connectivity index (χ0v) is 16.1. The molecule has 3 rings (SSSR count). The van der Waals surface area contributed by atoms with Crippen molar-refractivity contribution in [2.75, 3.05) is 26.2 Å². The summed E-state index contributed by atoms with van der Waals surface area (Å²) in [6, 6.07) is 9.79. The average molecular weight is 370 g/mol. The molecule has 0 N–H and O–H groups in total. The minimum Gasteiger partial charge on any atom is -0.342 e. The Kier molecular flexibility index (Phi) is 7.02. The Morgan fingerprint density at radius 3 is 2.63 bits per heavy atom. The molecule has 2 aliphatic rings. The van der Waals surface area contributed by atoms with Gasteiger partial charge >= 0.3 is 0 Å². The van der Waals surface area contributed by atoms with Gasteiger partial charge in [-0.15, -0.1) is 0 Å². The zero-order valence-electron chi connectivity index (χ0n) is 16.1. The van der Waals surface area contributed by atoms with Crippen LogP contribution < -0.4 is 0 Å². The molecule has 2 amide bonds. The predicted molar refractivity (Wildman–Crippen MR) is 104 cm³/mol. The maximum Gasteiger partial charge on any atom is 0.224 e. The van der Waals surface area contributed by atoms with Crippen molar-refractivity contribution in [1.82, 2.24) is 9.80 Å². The molecular formula is C22H30N2O3. The van der Waals surface area contributed by atoms with Gasteiger partial charge in [-0.05, 0) is 31.2 Å². The van der Waals surface area contributed by atoms with Crippen LogP contribution in [-0.4, -0.2) is 53.6 Å². The minimum atomic E-state index is -0.0669. The Hall–Kier alpha value is -2.17. The van der Waals surface area contributed by atoms with Crippen LogP contribution in [0.4, 0.5) is 0 Å². The van der Waals surface area contributed by atoms with E-state index in [1.54, 1.807) is 0 Å². The Bertz CT molecular complexity index is 659. The van der Waals surface area contributed by atoms with E-state index in [2.05, 4.69) is 0 Å². The number of benzene rings is 1. The number of amides is 2. The molecule has 5 heteroatoms. The molecule has 0 bridgehead atoms. The molecule has 1 unspecified atom stereocenters. The first-order chi connectivity index (χ1) is 13.1. The fourth-order valence-corrected chi connectivity index (χ4v) is 4.07. The van der Waals surface area contributed by atoms with Gasteiger partial charge in [0.05, 0.1) is 0 Å². The summed E-state index contributed by atoms with van der Waals surface area (Å²) in [4.78, 5) is 41.0. The van der Waals surface area contributed by atoms with E-state index >= 15 is 0 Å². The van der Waals surface area contributed by atoms with Crippen LogP contribution in [-0.2, 0) is 20.8 Å². The van der Waals surface area contributed by atoms with Crippen LogP contribution in [0, 0.1) is 5.92 Å². The van der Waals surface area contributed by atoms with Gasteiger partial charge in [0.2, 0.25) is 11.8 Å². The molecule has 5 nitrogen and oxygen atoms in total. The van der Waals surface area contributed by atoms with E-state index in [-0.39, 0.29) is 23.5 Å². The highest BCUT2D eigenvalue weighted by Gasteiger charge is 2.28. The van der Waals surface area contributed by atoms with Gasteiger partial charge in [-0.2, -0.15) is 0 Å². The highest BCUT2D eigenvalue weighted by Crippen LogP contribution is 2.20. The maximum absolute atomic E-state index is 12.6. The zero-order chi connectivity index (χ0) is 19.1. The number of nitrogens with zero attached hydrogens (tertiary/aromatic N) is 2. The lowest BCUT2D eigenvalue weighted by molar-refractivity contribution is -0.136. The number of likely N-dealkylation sites (tertiary alicyclic amines) is 2. The predicted octanol–water partition coefficient (Wildman–Crippen LogP) is 2.83. The molecule has 146 valence electrons. The van der Waals surface area contributed by atoms with Crippen LogP contribution in [0.3, 0.4) is 0 Å². The molecule has 0 spiro atoms. The molecule has 1 atom stereocenters. The maximum atomic E-state index is 12.6. The van der Waals surface area contributed by atoms with E-state index in [0.717, 1.165) is 50.8 Å². The van der Waals surface area contributed by atoms with E-state index in [9.17, 15) is 14.4 Å². The molecular weight excluding hydrogens is 340 g/mol. The molecule has 1 aromatic carbocycles. The molecule has 2 saturated heterocycles. The lowest BCUT2D eigenvalue weighted by Crippen LogP contribution is -2.44. The minimum absolute atomic E-state index is 0.0669. The summed E-state index contributed by atoms with van der Waals surface area (Å²) >= 11 is 0. The lowest BCUT2D eigenvalue weighted by atomic mass is 9.90. The smallest absolute Gasteiger partial charge is 0.224 e. The quantitative estimate of drug-likeness (QED) is 0.774. The summed E-state index contributed by atoms with van der Waals surface area (Å²) in [5.41, 5.74) is 1.03. The SMILES string of the molecule is O=C(Cc1ccccc1)C1CCCN(C(=O)CCN2CCCCCC2=O)C1. The highest BCUT2D eigenvalue weighted by atomic mass is 16.2. The molecule has 0 aromatic heterocycles. The van der Waals surface area contributed by atoms with Crippen molar-refractivity contribution < 1.29 is 14.4 Å². The summed E-state index contributed by atoms with van der Waals surface area (Å²) < 4.78 is 0. The monoisotopic (exact) mass is 370 g/mol. The first-order valence-corrected chi connectivity index (χ1v) is 10.3. The van der Waals surface area contributed by atoms with Gasteiger partial charge in [0.15, 0.2) is 0 Å². The van der Waals surface area contributed by atoms with Crippen molar-refractivity contribution >= 4 is 17.6 Å². The van der Waals surface area contributed by atoms with Gasteiger partial charge in [-0.1, -0.05) is 36.8 Å². The number of hydrogen-bond acceptors (Lipinski definition) is 3. The second-order valence-corrected chi connectivity index (χ2v) is 7.75. The number of ketones is 1. The fourth-order valence-electron chi connectivity index (χ4n) is 4.07. The van der Waals surface area contributed by atoms with E-state index in [4.69, 9.17) is 0 Å². The Morgan fingerprint density at radius 1 is 1.00 bits per heavy atom. The molecule has 0 radical (unpaired) electrons. The van der Waals surface area contributed by atoms with E-state index in [1.165, 1.54) is 0 Å². The molecule has 2 aliphatic heterocycles. The Morgan fingerprint density at radius 2 is 1.81 bits per heavy atom. The van der Waals surface area contributed by atoms with Crippen LogP contribution in [0.15, 0.2) is 30.3 Å². The summed E-state index contributed by atoms with van der Waals surface area (Å²) in [6.07, 6.45) is 6.22. The molecule has 0 saturated carbocycles. The van der Waals surface area contributed by atoms with Gasteiger partial charge in [-0.25, -0.2) is 0 Å². The summed E-state index contributed by atoms with van der Waals surface area (Å²) in [5.74, 6) is 0.406. The molecule has 0 aliphatic carbocycles. The largest absolute Gasteiger partial charge is 0.342 e. The number of carbonyl (C=O) groups excluding carboxylic acids is 3. The average Bonchev–Trinajstić information content (AvgIpc) is 2.91. The van der Waals surface area contributed by atoms with Crippen molar-refractivity contribution in [1.29, 1.82) is 0 Å². The summed E-state index contributed by atoms with van der Waals surface area (Å²) in [6.45, 7) is 2.53. The van der Waals surface area contributed by atoms with Gasteiger partial charge in [-0.3, -0.25) is 14.4 Å². The normalized spacial score (nSPS) is 21.0. The van der Waals surface area contributed by atoms with Crippen molar-refractivity contribution in [3.05, 3.63) is 35.9 Å². The van der Waals surface area contributed by atoms with Crippen molar-refractivity contribution in [3.63, 3.8) is 0 Å². The molecule has 2 heterocycles. The van der Waals surface area contributed by atoms with Crippen LogP contribution in [0.1, 0.15) is 50.5 Å². The third kappa shape index (κ3) is 5.65. The lowest BCUT2D eigenvalue weighted by Gasteiger charge is -2.33. The van der Waals surface area contributed by atoms with Gasteiger partial charge < -0.3 is 9.80 Å². The number of hydrogen-bond donors (Lipinski definition) is 0. The standard InChI is InChI=1S/C22H30N2O3/c25-20(16-18-8-3-1-4-9-18)19-10-7-14-24(17-19)22(27)12-15-23-13-6-2-5-11-21(23)26/h1,3-4,8-9,19H,2,5-7,10-17H2. The van der Waals surface area contributed by atoms with E-state index in [1.807, 2.05) is 40.1 Å². The Balaban J connectivity index is 1.48. The second-order valence-electron chi connectivity index (χ2n) is 7.75. The van der Waals surface area contributed by atoms with E-state index in [0.29, 0.717) is 32.4 Å². The van der Waals surface area contributed by atoms with Crippen molar-refractivity contribution in [2.45, 2.75) is 51.4 Å². The topological polar surface area (TPSA) is 57.7 Å².